The highest BCUT2D eigenvalue weighted by Gasteiger charge is 2.41. The molecule has 230 valence electrons. The van der Waals surface area contributed by atoms with Gasteiger partial charge < -0.3 is 4.74 Å². The molecule has 1 fully saturated rings. The summed E-state index contributed by atoms with van der Waals surface area (Å²) >= 11 is 0. The maximum atomic E-state index is 15.0. The van der Waals surface area contributed by atoms with E-state index >= 15 is 8.78 Å². The molecule has 0 spiro atoms. The summed E-state index contributed by atoms with van der Waals surface area (Å²) in [5, 5.41) is 0. The predicted molar refractivity (Wildman–Crippen MR) is 147 cm³/mol. The zero-order valence-electron chi connectivity index (χ0n) is 23.1. The Morgan fingerprint density at radius 1 is 0.659 bits per heavy atom. The molecule has 0 unspecified atom stereocenters. The molecule has 0 N–H and O–H groups in total. The average Bonchev–Trinajstić information content (AvgIpc) is 2.95. The maximum absolute atomic E-state index is 15.0. The molecule has 1 saturated carbocycles. The van der Waals surface area contributed by atoms with E-state index in [2.05, 4.69) is 11.3 Å². The van der Waals surface area contributed by atoms with E-state index < -0.39 is 58.1 Å². The second-order valence-corrected chi connectivity index (χ2v) is 10.8. The fraction of sp³-hybridized carbons (Fsp3) is 0.235. The first-order chi connectivity index (χ1) is 20.9. The third kappa shape index (κ3) is 6.34. The van der Waals surface area contributed by atoms with Gasteiger partial charge in [0.25, 0.3) is 0 Å². The van der Waals surface area contributed by atoms with Crippen molar-refractivity contribution >= 4 is 0 Å². The number of rotatable bonds is 8. The van der Waals surface area contributed by atoms with Crippen molar-refractivity contribution in [1.82, 2.24) is 0 Å². The number of ether oxygens (including phenoxy) is 1. The van der Waals surface area contributed by atoms with Crippen LogP contribution in [0.2, 0.25) is 0 Å². The molecule has 0 radical (unpaired) electrons. The molecule has 1 nitrogen and oxygen atoms in total. The Balaban J connectivity index is 1.34. The molecule has 0 amide bonds. The van der Waals surface area contributed by atoms with Gasteiger partial charge in [0, 0.05) is 17.2 Å². The van der Waals surface area contributed by atoms with Gasteiger partial charge in [-0.2, -0.15) is 8.78 Å². The zero-order valence-corrected chi connectivity index (χ0v) is 23.1. The molecule has 5 rings (SSSR count). The van der Waals surface area contributed by atoms with E-state index in [9.17, 15) is 30.7 Å². The molecule has 0 atom stereocenters. The number of allylic oxidation sites excluding steroid dienone is 1. The van der Waals surface area contributed by atoms with E-state index in [0.29, 0.717) is 37.0 Å². The van der Waals surface area contributed by atoms with Crippen LogP contribution in [0.1, 0.15) is 49.1 Å². The summed E-state index contributed by atoms with van der Waals surface area (Å²) in [5.41, 5.74) is -2.27. The van der Waals surface area contributed by atoms with Crippen molar-refractivity contribution in [3.05, 3.63) is 125 Å². The quantitative estimate of drug-likeness (QED) is 0.108. The van der Waals surface area contributed by atoms with Crippen molar-refractivity contribution in [3.63, 3.8) is 0 Å². The van der Waals surface area contributed by atoms with E-state index in [1.807, 2.05) is 6.08 Å². The molecule has 0 aromatic heterocycles. The molecule has 10 heteroatoms. The van der Waals surface area contributed by atoms with Crippen molar-refractivity contribution in [3.8, 4) is 28.0 Å². The smallest absolute Gasteiger partial charge is 0.429 e. The minimum absolute atomic E-state index is 0.0729. The lowest BCUT2D eigenvalue weighted by molar-refractivity contribution is -0.189. The fourth-order valence-corrected chi connectivity index (χ4v) is 5.69. The Kier molecular flexibility index (Phi) is 8.81. The van der Waals surface area contributed by atoms with Crippen LogP contribution in [0.15, 0.2) is 73.3 Å². The van der Waals surface area contributed by atoms with Gasteiger partial charge in [-0.15, -0.1) is 6.58 Å². The number of alkyl halides is 2. The van der Waals surface area contributed by atoms with Crippen LogP contribution in [0.3, 0.4) is 0 Å². The molecule has 4 aromatic carbocycles. The summed E-state index contributed by atoms with van der Waals surface area (Å²) < 4.78 is 135. The van der Waals surface area contributed by atoms with E-state index in [4.69, 9.17) is 0 Å². The number of hydrogen-bond donors (Lipinski definition) is 0. The monoisotopic (exact) mass is 620 g/mol. The Labute approximate surface area is 247 Å². The van der Waals surface area contributed by atoms with Crippen LogP contribution in [-0.2, 0) is 6.11 Å². The zero-order chi connectivity index (χ0) is 31.8. The minimum Gasteiger partial charge on any atom is -0.429 e. The highest BCUT2D eigenvalue weighted by Crippen LogP contribution is 2.41. The summed E-state index contributed by atoms with van der Waals surface area (Å²) in [6, 6.07) is 8.51. The summed E-state index contributed by atoms with van der Waals surface area (Å²) in [6.07, 6.45) is 1.13. The van der Waals surface area contributed by atoms with Crippen LogP contribution in [0.4, 0.5) is 39.5 Å². The Morgan fingerprint density at radius 3 is 1.77 bits per heavy atom. The Morgan fingerprint density at radius 2 is 1.20 bits per heavy atom. The molecule has 1 aliphatic rings. The van der Waals surface area contributed by atoms with Crippen LogP contribution in [-0.4, -0.2) is 0 Å². The van der Waals surface area contributed by atoms with Crippen LogP contribution in [0.25, 0.3) is 22.3 Å². The van der Waals surface area contributed by atoms with Gasteiger partial charge in [0.1, 0.15) is 34.6 Å². The summed E-state index contributed by atoms with van der Waals surface area (Å²) in [5.74, 6) is -10.4. The molecular weight excluding hydrogens is 595 g/mol. The van der Waals surface area contributed by atoms with Crippen LogP contribution < -0.4 is 4.74 Å². The predicted octanol–water partition coefficient (Wildman–Crippen LogP) is 11.0. The Bertz CT molecular complexity index is 1660. The number of halogens is 9. The lowest BCUT2D eigenvalue weighted by atomic mass is 9.77. The molecule has 4 aromatic rings. The van der Waals surface area contributed by atoms with Gasteiger partial charge in [-0.3, -0.25) is 0 Å². The summed E-state index contributed by atoms with van der Waals surface area (Å²) in [6.45, 7) is 3.72. The largest absolute Gasteiger partial charge is 0.432 e. The van der Waals surface area contributed by atoms with Crippen molar-refractivity contribution < 1.29 is 44.3 Å². The normalized spacial score (nSPS) is 17.0. The van der Waals surface area contributed by atoms with Crippen LogP contribution >= 0.6 is 0 Å². The first-order valence-corrected chi connectivity index (χ1v) is 13.8. The standard InChI is InChI=1S/C34H25F9O/c1-2-3-18-4-6-19(7-5-18)21-13-28(37)32(29(38)14-21)34(42,43)44-23-9-11-24(27(36)17-23)20-8-10-25(26(35)12-20)22-15-30(39)33(41)31(40)16-22/h2,8-19H,1,3-7H2. The van der Waals surface area contributed by atoms with Gasteiger partial charge >= 0.3 is 6.11 Å². The maximum Gasteiger partial charge on any atom is 0.432 e. The fourth-order valence-electron chi connectivity index (χ4n) is 5.69. The summed E-state index contributed by atoms with van der Waals surface area (Å²) in [4.78, 5) is 0. The second kappa shape index (κ2) is 12.4. The third-order valence-electron chi connectivity index (χ3n) is 7.94. The summed E-state index contributed by atoms with van der Waals surface area (Å²) in [7, 11) is 0. The number of hydrogen-bond acceptors (Lipinski definition) is 1. The topological polar surface area (TPSA) is 9.23 Å². The number of benzene rings is 4. The van der Waals surface area contributed by atoms with Crippen LogP contribution in [0, 0.1) is 46.6 Å². The van der Waals surface area contributed by atoms with Crippen molar-refractivity contribution in [2.45, 2.75) is 44.1 Å². The lowest BCUT2D eigenvalue weighted by Crippen LogP contribution is -2.25. The van der Waals surface area contributed by atoms with Gasteiger partial charge in [-0.25, -0.2) is 30.7 Å². The SMILES string of the molecule is C=CCC1CCC(c2cc(F)c(C(F)(F)Oc3ccc(-c4ccc(-c5cc(F)c(F)c(F)c5)c(F)c4)c(F)c3)c(F)c2)CC1. The van der Waals surface area contributed by atoms with Gasteiger partial charge in [0.2, 0.25) is 0 Å². The molecule has 0 saturated heterocycles. The lowest BCUT2D eigenvalue weighted by Gasteiger charge is -2.28. The highest BCUT2D eigenvalue weighted by molar-refractivity contribution is 5.72. The molecule has 0 aliphatic heterocycles. The third-order valence-corrected chi connectivity index (χ3v) is 7.94. The van der Waals surface area contributed by atoms with Crippen LogP contribution in [0.5, 0.6) is 5.75 Å². The average molecular weight is 621 g/mol. The first kappa shape index (κ1) is 31.2. The second-order valence-electron chi connectivity index (χ2n) is 10.8. The van der Waals surface area contributed by atoms with Crippen molar-refractivity contribution in [2.24, 2.45) is 5.92 Å². The van der Waals surface area contributed by atoms with Gasteiger partial charge in [0.15, 0.2) is 17.5 Å². The van der Waals surface area contributed by atoms with Crippen molar-refractivity contribution in [2.75, 3.05) is 0 Å². The molecule has 0 heterocycles. The minimum atomic E-state index is -4.50. The van der Waals surface area contributed by atoms with Gasteiger partial charge in [0.05, 0.1) is 0 Å². The highest BCUT2D eigenvalue weighted by atomic mass is 19.3. The van der Waals surface area contributed by atoms with Gasteiger partial charge in [-0.1, -0.05) is 18.2 Å². The van der Waals surface area contributed by atoms with E-state index in [1.165, 1.54) is 6.07 Å². The first-order valence-electron chi connectivity index (χ1n) is 13.8. The van der Waals surface area contributed by atoms with Crippen molar-refractivity contribution in [1.29, 1.82) is 0 Å². The molecular formula is C34H25F9O. The molecule has 1 aliphatic carbocycles. The van der Waals surface area contributed by atoms with Gasteiger partial charge in [-0.05, 0) is 103 Å². The van der Waals surface area contributed by atoms with E-state index in [-0.39, 0.29) is 33.7 Å². The van der Waals surface area contributed by atoms with E-state index in [0.717, 1.165) is 55.7 Å². The Hall–Kier alpha value is -4.21. The van der Waals surface area contributed by atoms with E-state index in [1.54, 1.807) is 0 Å². The molecule has 44 heavy (non-hydrogen) atoms. The molecule has 0 bridgehead atoms.